The number of thiophene rings is 1. The number of hydrogen-bond acceptors (Lipinski definition) is 5. The fraction of sp³-hybridized carbons (Fsp3) is 0.278. The Morgan fingerprint density at radius 2 is 2.20 bits per heavy atom. The third kappa shape index (κ3) is 2.36. The predicted molar refractivity (Wildman–Crippen MR) is 100 cm³/mol. The summed E-state index contributed by atoms with van der Waals surface area (Å²) in [5.41, 5.74) is 4.70. The van der Waals surface area contributed by atoms with Crippen molar-refractivity contribution >= 4 is 28.6 Å². The molecule has 0 unspecified atom stereocenters. The van der Waals surface area contributed by atoms with Crippen LogP contribution < -0.4 is 5.32 Å². The Kier molecular flexibility index (Phi) is 3.51. The fourth-order valence-electron chi connectivity index (χ4n) is 3.60. The summed E-state index contributed by atoms with van der Waals surface area (Å²) in [5.74, 6) is 1.80. The zero-order valence-corrected chi connectivity index (χ0v) is 15.3. The van der Waals surface area contributed by atoms with E-state index in [2.05, 4.69) is 26.1 Å². The van der Waals surface area contributed by atoms with Gasteiger partial charge in [-0.3, -0.25) is 9.56 Å². The van der Waals surface area contributed by atoms with Gasteiger partial charge >= 0.3 is 0 Å². The molecule has 0 spiro atoms. The average Bonchev–Trinajstić information content (AvgIpc) is 3.11. The second kappa shape index (κ2) is 5.76. The van der Waals surface area contributed by atoms with E-state index in [-0.39, 0.29) is 0 Å². The summed E-state index contributed by atoms with van der Waals surface area (Å²) in [6.45, 7) is 4.43. The van der Waals surface area contributed by atoms with E-state index in [4.69, 9.17) is 16.6 Å². The minimum absolute atomic E-state index is 0.525. The number of aromatic nitrogens is 3. The van der Waals surface area contributed by atoms with Gasteiger partial charge in [0.2, 0.25) is 0 Å². The van der Waals surface area contributed by atoms with E-state index in [0.29, 0.717) is 6.54 Å². The summed E-state index contributed by atoms with van der Waals surface area (Å²) in [5, 5.41) is 14.0. The third-order valence-electron chi connectivity index (χ3n) is 4.72. The van der Waals surface area contributed by atoms with Crippen molar-refractivity contribution in [3.8, 4) is 5.00 Å². The lowest BCUT2D eigenvalue weighted by atomic mass is 9.96. The molecule has 3 aromatic rings. The highest BCUT2D eigenvalue weighted by atomic mass is 35.5. The molecule has 126 valence electrons. The first-order chi connectivity index (χ1) is 12.2. The Morgan fingerprint density at radius 3 is 3.08 bits per heavy atom. The fourth-order valence-corrected chi connectivity index (χ4v) is 5.17. The monoisotopic (exact) mass is 369 g/mol. The Balaban J connectivity index is 1.81. The number of benzene rings is 1. The van der Waals surface area contributed by atoms with Crippen molar-refractivity contribution in [1.29, 1.82) is 0 Å². The van der Waals surface area contributed by atoms with Gasteiger partial charge in [0.15, 0.2) is 5.82 Å². The molecule has 5 nitrogen and oxygen atoms in total. The average molecular weight is 370 g/mol. The summed E-state index contributed by atoms with van der Waals surface area (Å²) in [6.07, 6.45) is 1.01. The maximum atomic E-state index is 6.25. The van der Waals surface area contributed by atoms with Crippen molar-refractivity contribution in [2.24, 2.45) is 4.99 Å². The summed E-state index contributed by atoms with van der Waals surface area (Å²) >= 11 is 8.07. The summed E-state index contributed by atoms with van der Waals surface area (Å²) in [4.78, 5) is 6.31. The Labute approximate surface area is 154 Å². The maximum absolute atomic E-state index is 6.25. The molecule has 0 atom stereocenters. The number of rotatable bonds is 1. The van der Waals surface area contributed by atoms with E-state index in [9.17, 15) is 0 Å². The van der Waals surface area contributed by atoms with Gasteiger partial charge in [-0.2, -0.15) is 0 Å². The molecule has 7 heteroatoms. The number of nitrogens with zero attached hydrogens (tertiary/aromatic N) is 4. The lowest BCUT2D eigenvalue weighted by molar-refractivity contribution is 0.654. The van der Waals surface area contributed by atoms with Crippen LogP contribution in [0.15, 0.2) is 29.3 Å². The molecule has 0 amide bonds. The topological polar surface area (TPSA) is 55.1 Å². The van der Waals surface area contributed by atoms with Crippen LogP contribution >= 0.6 is 22.9 Å². The number of halogens is 1. The quantitative estimate of drug-likeness (QED) is 0.716. The number of hydrogen-bond donors (Lipinski definition) is 1. The van der Waals surface area contributed by atoms with Gasteiger partial charge in [0.25, 0.3) is 0 Å². The van der Waals surface area contributed by atoms with Gasteiger partial charge in [-0.1, -0.05) is 23.7 Å². The van der Waals surface area contributed by atoms with Crippen LogP contribution in [0.1, 0.15) is 33.2 Å². The van der Waals surface area contributed by atoms with Crippen LogP contribution in [0, 0.1) is 6.92 Å². The smallest absolute Gasteiger partial charge is 0.160 e. The minimum Gasteiger partial charge on any atom is -0.312 e. The molecule has 0 fully saturated rings. The summed E-state index contributed by atoms with van der Waals surface area (Å²) in [7, 11) is 0. The molecule has 1 N–H and O–H groups in total. The summed E-state index contributed by atoms with van der Waals surface area (Å²) in [6, 6.07) is 7.96. The highest BCUT2D eigenvalue weighted by molar-refractivity contribution is 7.15. The van der Waals surface area contributed by atoms with Crippen molar-refractivity contribution in [1.82, 2.24) is 20.1 Å². The zero-order chi connectivity index (χ0) is 17.0. The van der Waals surface area contributed by atoms with E-state index >= 15 is 0 Å². The van der Waals surface area contributed by atoms with Crippen LogP contribution in [0.3, 0.4) is 0 Å². The lowest BCUT2D eigenvalue weighted by Crippen LogP contribution is -2.23. The van der Waals surface area contributed by atoms with E-state index in [1.165, 1.54) is 21.0 Å². The molecular formula is C18H16ClN5S. The number of aryl methyl sites for hydroxylation is 1. The molecule has 0 bridgehead atoms. The van der Waals surface area contributed by atoms with E-state index < -0.39 is 0 Å². The van der Waals surface area contributed by atoms with Gasteiger partial charge in [-0.15, -0.1) is 21.5 Å². The van der Waals surface area contributed by atoms with Crippen LogP contribution in [0.5, 0.6) is 0 Å². The maximum Gasteiger partial charge on any atom is 0.160 e. The first kappa shape index (κ1) is 15.3. The summed E-state index contributed by atoms with van der Waals surface area (Å²) < 4.78 is 2.17. The molecule has 2 aliphatic heterocycles. The number of nitrogens with one attached hydrogen (secondary N) is 1. The van der Waals surface area contributed by atoms with Crippen molar-refractivity contribution in [3.05, 3.63) is 62.5 Å². The SMILES string of the molecule is Cc1nnc2n1-c1sc3c(c1C(c1cccc(Cl)c1)=NC2)CCNC3. The van der Waals surface area contributed by atoms with Crippen LogP contribution in [-0.4, -0.2) is 27.0 Å². The standard InChI is InChI=1S/C18H16ClN5S/c1-10-22-23-15-9-21-17(11-3-2-4-12(19)7-11)16-13-5-6-20-8-14(13)25-18(16)24(10)15/h2-4,7,20H,5-6,8-9H2,1H3. The molecule has 0 radical (unpaired) electrons. The molecule has 4 heterocycles. The normalized spacial score (nSPS) is 15.8. The molecule has 2 aliphatic rings. The van der Waals surface area contributed by atoms with Gasteiger partial charge < -0.3 is 5.32 Å². The van der Waals surface area contributed by atoms with E-state index in [1.54, 1.807) is 0 Å². The number of fused-ring (bicyclic) bond motifs is 5. The van der Waals surface area contributed by atoms with Crippen molar-refractivity contribution in [2.45, 2.75) is 26.4 Å². The highest BCUT2D eigenvalue weighted by Crippen LogP contribution is 2.38. The molecule has 25 heavy (non-hydrogen) atoms. The molecule has 1 aromatic carbocycles. The number of aliphatic imine (C=N–C) groups is 1. The third-order valence-corrected chi connectivity index (χ3v) is 6.17. The van der Waals surface area contributed by atoms with Gasteiger partial charge in [-0.25, -0.2) is 0 Å². The van der Waals surface area contributed by atoms with Crippen molar-refractivity contribution < 1.29 is 0 Å². The molecule has 2 aromatic heterocycles. The van der Waals surface area contributed by atoms with Gasteiger partial charge in [0.1, 0.15) is 17.4 Å². The van der Waals surface area contributed by atoms with Gasteiger partial charge in [0.05, 0.1) is 5.71 Å². The van der Waals surface area contributed by atoms with Crippen molar-refractivity contribution in [3.63, 3.8) is 0 Å². The van der Waals surface area contributed by atoms with Gasteiger partial charge in [0, 0.05) is 27.6 Å². The first-order valence-electron chi connectivity index (χ1n) is 8.29. The Bertz CT molecular complexity index is 1020. The minimum atomic E-state index is 0.525. The highest BCUT2D eigenvalue weighted by Gasteiger charge is 2.29. The molecule has 0 aliphatic carbocycles. The zero-order valence-electron chi connectivity index (χ0n) is 13.7. The van der Waals surface area contributed by atoms with Gasteiger partial charge in [-0.05, 0) is 37.6 Å². The molecule has 0 saturated heterocycles. The van der Waals surface area contributed by atoms with Crippen LogP contribution in [-0.2, 0) is 19.5 Å². The van der Waals surface area contributed by atoms with Crippen LogP contribution in [0.25, 0.3) is 5.00 Å². The Hall–Kier alpha value is -2.02. The lowest BCUT2D eigenvalue weighted by Gasteiger charge is -2.15. The Morgan fingerprint density at radius 1 is 1.28 bits per heavy atom. The van der Waals surface area contributed by atoms with E-state index in [0.717, 1.165) is 47.5 Å². The second-order valence-corrected chi connectivity index (χ2v) is 7.80. The molecule has 5 rings (SSSR count). The second-order valence-electron chi connectivity index (χ2n) is 6.28. The molecular weight excluding hydrogens is 354 g/mol. The van der Waals surface area contributed by atoms with Crippen LogP contribution in [0.2, 0.25) is 5.02 Å². The first-order valence-corrected chi connectivity index (χ1v) is 9.49. The predicted octanol–water partition coefficient (Wildman–Crippen LogP) is 3.29. The van der Waals surface area contributed by atoms with E-state index in [1.807, 2.05) is 36.5 Å². The largest absolute Gasteiger partial charge is 0.312 e. The van der Waals surface area contributed by atoms with Crippen molar-refractivity contribution in [2.75, 3.05) is 6.54 Å². The van der Waals surface area contributed by atoms with Crippen LogP contribution in [0.4, 0.5) is 0 Å². The molecule has 0 saturated carbocycles.